The Kier molecular flexibility index (Phi) is 5.13. The molecule has 1 saturated heterocycles. The standard InChI is InChI=1S/C16H29N3O.HI/c1-5-17-14(19-15(2,3)4)18-12-11-7-10-20-13(11)16(12)8-6-9-16;/h11-13H,5-10H2,1-4H3,(H2,17,18,19);1H. The molecule has 21 heavy (non-hydrogen) atoms. The van der Waals surface area contributed by atoms with Crippen molar-refractivity contribution in [1.82, 2.24) is 10.6 Å². The maximum absolute atomic E-state index is 5.98. The van der Waals surface area contributed by atoms with Crippen LogP contribution in [0.3, 0.4) is 0 Å². The monoisotopic (exact) mass is 407 g/mol. The molecular formula is C16H30IN3O. The van der Waals surface area contributed by atoms with Crippen molar-refractivity contribution in [3.05, 3.63) is 0 Å². The lowest BCUT2D eigenvalue weighted by atomic mass is 9.46. The highest BCUT2D eigenvalue weighted by Gasteiger charge is 2.66. The van der Waals surface area contributed by atoms with Crippen LogP contribution in [0.15, 0.2) is 4.99 Å². The fourth-order valence-electron chi connectivity index (χ4n) is 4.24. The first kappa shape index (κ1) is 17.3. The predicted molar refractivity (Wildman–Crippen MR) is 97.3 cm³/mol. The highest BCUT2D eigenvalue weighted by atomic mass is 127. The van der Waals surface area contributed by atoms with E-state index < -0.39 is 0 Å². The fraction of sp³-hybridized carbons (Fsp3) is 0.938. The number of nitrogens with zero attached hydrogens (tertiary/aromatic N) is 1. The van der Waals surface area contributed by atoms with Gasteiger partial charge in [0.05, 0.1) is 6.10 Å². The SMILES string of the molecule is CCN=C(NC1C2CCOC2C12CCC2)NC(C)(C)C.I. The van der Waals surface area contributed by atoms with E-state index in [4.69, 9.17) is 4.74 Å². The second-order valence-corrected chi connectivity index (χ2v) is 7.65. The summed E-state index contributed by atoms with van der Waals surface area (Å²) in [7, 11) is 0. The molecule has 3 atom stereocenters. The minimum atomic E-state index is 0. The van der Waals surface area contributed by atoms with Gasteiger partial charge >= 0.3 is 0 Å². The van der Waals surface area contributed by atoms with E-state index in [0.29, 0.717) is 23.5 Å². The number of rotatable bonds is 2. The Labute approximate surface area is 145 Å². The maximum atomic E-state index is 5.98. The van der Waals surface area contributed by atoms with Gasteiger partial charge < -0.3 is 15.4 Å². The van der Waals surface area contributed by atoms with Crippen LogP contribution in [0, 0.1) is 11.3 Å². The Morgan fingerprint density at radius 3 is 2.57 bits per heavy atom. The summed E-state index contributed by atoms with van der Waals surface area (Å²) < 4.78 is 5.98. The smallest absolute Gasteiger partial charge is 0.191 e. The molecule has 122 valence electrons. The van der Waals surface area contributed by atoms with Crippen LogP contribution in [0.4, 0.5) is 0 Å². The summed E-state index contributed by atoms with van der Waals surface area (Å²) in [4.78, 5) is 4.62. The van der Waals surface area contributed by atoms with E-state index in [9.17, 15) is 0 Å². The Hall–Kier alpha value is -0.0400. The van der Waals surface area contributed by atoms with Crippen molar-refractivity contribution in [2.45, 2.75) is 71.1 Å². The van der Waals surface area contributed by atoms with Crippen LogP contribution in [0.2, 0.25) is 0 Å². The average molecular weight is 407 g/mol. The molecule has 0 bridgehead atoms. The van der Waals surface area contributed by atoms with Crippen molar-refractivity contribution in [2.75, 3.05) is 13.2 Å². The van der Waals surface area contributed by atoms with Gasteiger partial charge in [-0.25, -0.2) is 0 Å². The molecule has 3 aliphatic rings. The van der Waals surface area contributed by atoms with E-state index in [1.54, 1.807) is 0 Å². The highest BCUT2D eigenvalue weighted by molar-refractivity contribution is 14.0. The van der Waals surface area contributed by atoms with Crippen LogP contribution in [0.5, 0.6) is 0 Å². The quantitative estimate of drug-likeness (QED) is 0.421. The van der Waals surface area contributed by atoms with E-state index >= 15 is 0 Å². The molecular weight excluding hydrogens is 377 g/mol. The molecule has 3 rings (SSSR count). The summed E-state index contributed by atoms with van der Waals surface area (Å²) in [5.74, 6) is 1.67. The normalized spacial score (nSPS) is 33.5. The molecule has 3 unspecified atom stereocenters. The molecule has 1 heterocycles. The van der Waals surface area contributed by atoms with Gasteiger partial charge in [-0.1, -0.05) is 6.42 Å². The minimum absolute atomic E-state index is 0. The molecule has 0 amide bonds. The lowest BCUT2D eigenvalue weighted by Crippen LogP contribution is -2.73. The van der Waals surface area contributed by atoms with Crippen molar-refractivity contribution in [1.29, 1.82) is 0 Å². The molecule has 1 spiro atoms. The highest BCUT2D eigenvalue weighted by Crippen LogP contribution is 2.62. The average Bonchev–Trinajstić information content (AvgIpc) is 2.67. The van der Waals surface area contributed by atoms with Crippen LogP contribution in [0.25, 0.3) is 0 Å². The van der Waals surface area contributed by atoms with Crippen molar-refractivity contribution in [3.63, 3.8) is 0 Å². The van der Waals surface area contributed by atoms with Gasteiger partial charge in [0.2, 0.25) is 0 Å². The summed E-state index contributed by atoms with van der Waals surface area (Å²) in [5.41, 5.74) is 0.457. The fourth-order valence-corrected chi connectivity index (χ4v) is 4.24. The van der Waals surface area contributed by atoms with Crippen LogP contribution >= 0.6 is 24.0 Å². The summed E-state index contributed by atoms with van der Waals surface area (Å²) in [6.45, 7) is 10.4. The molecule has 0 radical (unpaired) electrons. The van der Waals surface area contributed by atoms with Gasteiger partial charge in [-0.3, -0.25) is 4.99 Å². The number of nitrogens with one attached hydrogen (secondary N) is 2. The molecule has 0 aromatic carbocycles. The summed E-state index contributed by atoms with van der Waals surface area (Å²) in [6, 6.07) is 0.559. The topological polar surface area (TPSA) is 45.7 Å². The van der Waals surface area contributed by atoms with E-state index in [0.717, 1.165) is 19.1 Å². The van der Waals surface area contributed by atoms with Gasteiger partial charge in [0.1, 0.15) is 0 Å². The molecule has 2 saturated carbocycles. The number of halogens is 1. The molecule has 0 aromatic heterocycles. The summed E-state index contributed by atoms with van der Waals surface area (Å²) in [5, 5.41) is 7.25. The van der Waals surface area contributed by atoms with Gasteiger partial charge in [-0.05, 0) is 47.0 Å². The van der Waals surface area contributed by atoms with Crippen LogP contribution in [-0.4, -0.2) is 36.8 Å². The molecule has 3 fully saturated rings. The number of guanidine groups is 1. The first-order valence-electron chi connectivity index (χ1n) is 8.17. The second kappa shape index (κ2) is 6.22. The molecule has 1 aliphatic heterocycles. The van der Waals surface area contributed by atoms with Crippen molar-refractivity contribution >= 4 is 29.9 Å². The first-order chi connectivity index (χ1) is 9.46. The van der Waals surface area contributed by atoms with Gasteiger partial charge in [-0.15, -0.1) is 24.0 Å². The lowest BCUT2D eigenvalue weighted by Gasteiger charge is -2.63. The minimum Gasteiger partial charge on any atom is -0.377 e. The maximum Gasteiger partial charge on any atom is 0.191 e. The molecule has 4 nitrogen and oxygen atoms in total. The zero-order chi connectivity index (χ0) is 14.4. The largest absolute Gasteiger partial charge is 0.377 e. The third-order valence-electron chi connectivity index (χ3n) is 5.14. The van der Waals surface area contributed by atoms with Gasteiger partial charge in [0.15, 0.2) is 5.96 Å². The predicted octanol–water partition coefficient (Wildman–Crippen LogP) is 2.92. The molecule has 5 heteroatoms. The summed E-state index contributed by atoms with van der Waals surface area (Å²) in [6.07, 6.45) is 5.73. The van der Waals surface area contributed by atoms with Crippen LogP contribution in [-0.2, 0) is 4.74 Å². The Morgan fingerprint density at radius 1 is 1.33 bits per heavy atom. The van der Waals surface area contributed by atoms with E-state index in [1.807, 2.05) is 0 Å². The van der Waals surface area contributed by atoms with Gasteiger partial charge in [-0.2, -0.15) is 0 Å². The second-order valence-electron chi connectivity index (χ2n) is 7.65. The number of fused-ring (bicyclic) bond motifs is 2. The molecule has 0 aromatic rings. The zero-order valence-electron chi connectivity index (χ0n) is 13.7. The number of hydrogen-bond acceptors (Lipinski definition) is 2. The van der Waals surface area contributed by atoms with E-state index in [-0.39, 0.29) is 29.5 Å². The van der Waals surface area contributed by atoms with Crippen molar-refractivity contribution in [3.8, 4) is 0 Å². The van der Waals surface area contributed by atoms with Gasteiger partial charge in [0, 0.05) is 36.1 Å². The summed E-state index contributed by atoms with van der Waals surface area (Å²) >= 11 is 0. The Balaban J connectivity index is 0.00000161. The number of hydrogen-bond donors (Lipinski definition) is 2. The van der Waals surface area contributed by atoms with Crippen molar-refractivity contribution in [2.24, 2.45) is 16.3 Å². The van der Waals surface area contributed by atoms with Crippen LogP contribution in [0.1, 0.15) is 53.4 Å². The van der Waals surface area contributed by atoms with E-state index in [1.165, 1.54) is 25.7 Å². The van der Waals surface area contributed by atoms with Gasteiger partial charge in [0.25, 0.3) is 0 Å². The molecule has 2 N–H and O–H groups in total. The Bertz CT molecular complexity index is 401. The Morgan fingerprint density at radius 2 is 2.05 bits per heavy atom. The number of aliphatic imine (C=N–C) groups is 1. The third-order valence-corrected chi connectivity index (χ3v) is 5.14. The first-order valence-corrected chi connectivity index (χ1v) is 8.17. The third kappa shape index (κ3) is 3.05. The van der Waals surface area contributed by atoms with E-state index in [2.05, 4.69) is 43.3 Å². The van der Waals surface area contributed by atoms with Crippen LogP contribution < -0.4 is 10.6 Å². The number of ether oxygens (including phenoxy) is 1. The lowest BCUT2D eigenvalue weighted by molar-refractivity contribution is -0.171. The molecule has 2 aliphatic carbocycles. The van der Waals surface area contributed by atoms with Crippen molar-refractivity contribution < 1.29 is 4.74 Å². The zero-order valence-corrected chi connectivity index (χ0v) is 16.1.